The molecule has 7 nitrogen and oxygen atoms in total. The van der Waals surface area contributed by atoms with Crippen LogP contribution >= 0.6 is 22.2 Å². The van der Waals surface area contributed by atoms with Gasteiger partial charge in [-0.2, -0.15) is 0 Å². The topological polar surface area (TPSA) is 90.6 Å². The van der Waals surface area contributed by atoms with Crippen LogP contribution in [-0.4, -0.2) is 32.8 Å². The van der Waals surface area contributed by atoms with Gasteiger partial charge in [0.05, 0.1) is 6.20 Å². The van der Waals surface area contributed by atoms with Gasteiger partial charge in [-0.25, -0.2) is 8.42 Å². The molecule has 2 aromatic heterocycles. The highest BCUT2D eigenvalue weighted by atomic mass is 35.7. The number of nitrogens with zero attached hydrogens (tertiary/aromatic N) is 5. The number of rotatable bonds is 2. The van der Waals surface area contributed by atoms with Crippen LogP contribution in [0.4, 0.5) is 0 Å². The van der Waals surface area contributed by atoms with Crippen LogP contribution in [0.5, 0.6) is 0 Å². The molecule has 15 heavy (non-hydrogen) atoms. The lowest BCUT2D eigenvalue weighted by atomic mass is 10.5. The van der Waals surface area contributed by atoms with Gasteiger partial charge in [0, 0.05) is 17.7 Å². The minimum atomic E-state index is -3.88. The maximum Gasteiger partial charge on any atom is 0.296 e. The lowest BCUT2D eigenvalue weighted by Gasteiger charge is -1.97. The van der Waals surface area contributed by atoms with Crippen LogP contribution in [0.1, 0.15) is 0 Å². The van der Waals surface area contributed by atoms with Gasteiger partial charge in [0.1, 0.15) is 4.88 Å². The molecular formula is C5H4ClN5O2S2. The van der Waals surface area contributed by atoms with Gasteiger partial charge in [-0.15, -0.1) is 15.3 Å². The normalized spacial score (nSPS) is 11.9. The molecule has 10 heteroatoms. The Morgan fingerprint density at radius 3 is 2.67 bits per heavy atom. The summed E-state index contributed by atoms with van der Waals surface area (Å²) in [6.45, 7) is 0. The molecule has 0 amide bonds. The SMILES string of the molecule is Cn1c(-c2cnns2)nnc1S(=O)(=O)Cl. The van der Waals surface area contributed by atoms with Crippen molar-refractivity contribution in [2.75, 3.05) is 0 Å². The molecule has 0 saturated carbocycles. The third kappa shape index (κ3) is 1.85. The molecule has 2 aromatic rings. The lowest BCUT2D eigenvalue weighted by Crippen LogP contribution is -2.02. The third-order valence-corrected chi connectivity index (χ3v) is 3.50. The highest BCUT2D eigenvalue weighted by molar-refractivity contribution is 8.13. The molecule has 2 rings (SSSR count). The molecule has 0 saturated heterocycles. The van der Waals surface area contributed by atoms with Crippen molar-refractivity contribution in [2.24, 2.45) is 7.05 Å². The minimum Gasteiger partial charge on any atom is -0.299 e. The zero-order chi connectivity index (χ0) is 11.1. The average Bonchev–Trinajstić information content (AvgIpc) is 2.69. The van der Waals surface area contributed by atoms with Crippen molar-refractivity contribution >= 4 is 31.3 Å². The largest absolute Gasteiger partial charge is 0.299 e. The second-order valence-electron chi connectivity index (χ2n) is 2.58. The Kier molecular flexibility index (Phi) is 2.44. The maximum atomic E-state index is 11.1. The molecule has 0 atom stereocenters. The first kappa shape index (κ1) is 10.5. The summed E-state index contributed by atoms with van der Waals surface area (Å²) in [5, 5.41) is 10.5. The number of hydrogen-bond acceptors (Lipinski definition) is 7. The summed E-state index contributed by atoms with van der Waals surface area (Å²) in [4.78, 5) is 0.622. The molecule has 0 spiro atoms. The minimum absolute atomic E-state index is 0.299. The van der Waals surface area contributed by atoms with Gasteiger partial charge < -0.3 is 0 Å². The van der Waals surface area contributed by atoms with E-state index in [9.17, 15) is 8.42 Å². The fraction of sp³-hybridized carbons (Fsp3) is 0.200. The smallest absolute Gasteiger partial charge is 0.296 e. The van der Waals surface area contributed by atoms with Crippen LogP contribution in [-0.2, 0) is 16.1 Å². The molecule has 80 valence electrons. The molecule has 0 N–H and O–H groups in total. The monoisotopic (exact) mass is 265 g/mol. The predicted octanol–water partition coefficient (Wildman–Crippen LogP) is 0.261. The van der Waals surface area contributed by atoms with E-state index in [0.717, 1.165) is 11.5 Å². The van der Waals surface area contributed by atoms with Crippen LogP contribution in [0.25, 0.3) is 10.7 Å². The number of halogens is 1. The summed E-state index contributed by atoms with van der Waals surface area (Å²) in [6, 6.07) is 0. The summed E-state index contributed by atoms with van der Waals surface area (Å²) < 4.78 is 27.0. The highest BCUT2D eigenvalue weighted by Crippen LogP contribution is 2.22. The Morgan fingerprint density at radius 2 is 2.20 bits per heavy atom. The van der Waals surface area contributed by atoms with E-state index in [1.165, 1.54) is 17.8 Å². The first-order chi connectivity index (χ1) is 7.00. The van der Waals surface area contributed by atoms with Gasteiger partial charge in [-0.05, 0) is 11.5 Å². The van der Waals surface area contributed by atoms with E-state index < -0.39 is 9.05 Å². The van der Waals surface area contributed by atoms with Crippen LogP contribution in [0.3, 0.4) is 0 Å². The first-order valence-electron chi connectivity index (χ1n) is 3.62. The van der Waals surface area contributed by atoms with Crippen molar-refractivity contribution in [3.63, 3.8) is 0 Å². The fourth-order valence-electron chi connectivity index (χ4n) is 1.01. The van der Waals surface area contributed by atoms with Crippen LogP contribution < -0.4 is 0 Å². The van der Waals surface area contributed by atoms with E-state index in [2.05, 4.69) is 19.8 Å². The summed E-state index contributed by atoms with van der Waals surface area (Å²) >= 11 is 1.09. The van der Waals surface area contributed by atoms with Gasteiger partial charge in [0.2, 0.25) is 0 Å². The van der Waals surface area contributed by atoms with Crippen LogP contribution in [0.15, 0.2) is 11.4 Å². The molecule has 0 fully saturated rings. The molecular weight excluding hydrogens is 262 g/mol. The molecule has 2 heterocycles. The standard InChI is InChI=1S/C5H4ClN5O2S2/c1-11-4(3-2-7-10-14-3)8-9-5(11)15(6,12)13/h2H,1H3. The van der Waals surface area contributed by atoms with E-state index in [1.54, 1.807) is 0 Å². The van der Waals surface area contributed by atoms with Crippen molar-refractivity contribution in [1.82, 2.24) is 24.4 Å². The van der Waals surface area contributed by atoms with Crippen molar-refractivity contribution in [2.45, 2.75) is 5.16 Å². The van der Waals surface area contributed by atoms with E-state index in [1.807, 2.05) is 0 Å². The summed E-state index contributed by atoms with van der Waals surface area (Å²) in [6.07, 6.45) is 1.47. The van der Waals surface area contributed by atoms with Crippen molar-refractivity contribution in [3.8, 4) is 10.7 Å². The van der Waals surface area contributed by atoms with Gasteiger partial charge in [0.25, 0.3) is 14.2 Å². The fourth-order valence-corrected chi connectivity index (χ4v) is 2.50. The van der Waals surface area contributed by atoms with Crippen LogP contribution in [0, 0.1) is 0 Å². The second-order valence-corrected chi connectivity index (χ2v) is 5.83. The Hall–Kier alpha value is -1.06. The van der Waals surface area contributed by atoms with Gasteiger partial charge in [-0.1, -0.05) is 4.49 Å². The Labute approximate surface area is 93.3 Å². The molecule has 0 unspecified atom stereocenters. The lowest BCUT2D eigenvalue weighted by molar-refractivity contribution is 0.593. The Bertz CT molecular complexity index is 575. The molecule has 0 aromatic carbocycles. The zero-order valence-corrected chi connectivity index (χ0v) is 9.71. The summed E-state index contributed by atoms with van der Waals surface area (Å²) in [7, 11) is 2.79. The number of aromatic nitrogens is 5. The average molecular weight is 266 g/mol. The Morgan fingerprint density at radius 1 is 1.47 bits per heavy atom. The van der Waals surface area contributed by atoms with Crippen molar-refractivity contribution < 1.29 is 8.42 Å². The van der Waals surface area contributed by atoms with Gasteiger partial charge in [-0.3, -0.25) is 4.57 Å². The first-order valence-corrected chi connectivity index (χ1v) is 6.70. The molecule has 0 radical (unpaired) electrons. The molecule has 0 bridgehead atoms. The second kappa shape index (κ2) is 3.51. The molecule has 0 aliphatic carbocycles. The zero-order valence-electron chi connectivity index (χ0n) is 7.32. The van der Waals surface area contributed by atoms with Gasteiger partial charge >= 0.3 is 0 Å². The molecule has 0 aliphatic rings. The highest BCUT2D eigenvalue weighted by Gasteiger charge is 2.21. The van der Waals surface area contributed by atoms with E-state index in [-0.39, 0.29) is 5.16 Å². The molecule has 0 aliphatic heterocycles. The summed E-state index contributed by atoms with van der Waals surface area (Å²) in [5.74, 6) is 0.365. The Balaban J connectivity index is 2.60. The van der Waals surface area contributed by atoms with Crippen LogP contribution in [0.2, 0.25) is 0 Å². The van der Waals surface area contributed by atoms with E-state index in [0.29, 0.717) is 10.7 Å². The summed E-state index contributed by atoms with van der Waals surface area (Å²) in [5.41, 5.74) is 0. The quantitative estimate of drug-likeness (QED) is 0.724. The van der Waals surface area contributed by atoms with E-state index >= 15 is 0 Å². The maximum absolute atomic E-state index is 11.1. The van der Waals surface area contributed by atoms with Crippen molar-refractivity contribution in [3.05, 3.63) is 6.20 Å². The van der Waals surface area contributed by atoms with Gasteiger partial charge in [0.15, 0.2) is 5.82 Å². The van der Waals surface area contributed by atoms with Crippen molar-refractivity contribution in [1.29, 1.82) is 0 Å². The third-order valence-electron chi connectivity index (χ3n) is 1.63. The predicted molar refractivity (Wildman–Crippen MR) is 52.9 cm³/mol. The van der Waals surface area contributed by atoms with E-state index in [4.69, 9.17) is 10.7 Å². The number of hydrogen-bond donors (Lipinski definition) is 0.